The maximum atomic E-state index is 12.3. The minimum Gasteiger partial charge on any atom is -0.375 e. The van der Waals surface area contributed by atoms with E-state index in [4.69, 9.17) is 27.9 Å². The molecular formula is C17H19Cl2N3O3. The zero-order chi connectivity index (χ0) is 18.3. The Morgan fingerprint density at radius 1 is 1.48 bits per heavy atom. The number of halogens is 2. The lowest BCUT2D eigenvalue weighted by Crippen LogP contribution is -2.27. The van der Waals surface area contributed by atoms with Crippen molar-refractivity contribution in [3.8, 4) is 0 Å². The van der Waals surface area contributed by atoms with Gasteiger partial charge in [-0.25, -0.2) is 0 Å². The van der Waals surface area contributed by atoms with E-state index in [-0.39, 0.29) is 24.3 Å². The molecule has 0 saturated carbocycles. The van der Waals surface area contributed by atoms with Crippen molar-refractivity contribution in [3.63, 3.8) is 0 Å². The third-order valence-corrected chi connectivity index (χ3v) is 5.33. The van der Waals surface area contributed by atoms with Gasteiger partial charge in [0.25, 0.3) is 0 Å². The molecule has 2 N–H and O–H groups in total. The van der Waals surface area contributed by atoms with E-state index >= 15 is 0 Å². The maximum Gasteiger partial charge on any atom is 0.250 e. The molecule has 8 heteroatoms. The molecule has 0 spiro atoms. The van der Waals surface area contributed by atoms with Gasteiger partial charge in [-0.1, -0.05) is 23.2 Å². The number of nitrogens with zero attached hydrogens (tertiary/aromatic N) is 1. The molecule has 0 saturated heterocycles. The number of anilines is 1. The fourth-order valence-corrected chi connectivity index (χ4v) is 3.91. The number of carbonyl (C=O) groups excluding carboxylic acids is 2. The van der Waals surface area contributed by atoms with Crippen LogP contribution in [0.2, 0.25) is 10.0 Å². The Labute approximate surface area is 155 Å². The lowest BCUT2D eigenvalue weighted by molar-refractivity contribution is -0.122. The third kappa shape index (κ3) is 2.99. The summed E-state index contributed by atoms with van der Waals surface area (Å²) in [5.74, 6) is -0.714. The van der Waals surface area contributed by atoms with Crippen molar-refractivity contribution >= 4 is 51.6 Å². The summed E-state index contributed by atoms with van der Waals surface area (Å²) < 4.78 is 6.84. The molecule has 0 radical (unpaired) electrons. The zero-order valence-corrected chi connectivity index (χ0v) is 15.7. The first kappa shape index (κ1) is 18.0. The van der Waals surface area contributed by atoms with E-state index in [0.29, 0.717) is 34.2 Å². The minimum atomic E-state index is -0.364. The fourth-order valence-electron chi connectivity index (χ4n) is 3.43. The molecule has 2 heterocycles. The summed E-state index contributed by atoms with van der Waals surface area (Å²) in [4.78, 5) is 24.4. The number of aryl methyl sites for hydroxylation is 1. The van der Waals surface area contributed by atoms with Crippen molar-refractivity contribution in [2.45, 2.75) is 19.3 Å². The fraction of sp³-hybridized carbons (Fsp3) is 0.412. The Hall–Kier alpha value is -1.76. The average Bonchev–Trinajstić information content (AvgIpc) is 2.76. The van der Waals surface area contributed by atoms with Crippen LogP contribution in [0.1, 0.15) is 24.1 Å². The third-order valence-electron chi connectivity index (χ3n) is 4.55. The zero-order valence-electron chi connectivity index (χ0n) is 14.2. The van der Waals surface area contributed by atoms with Crippen LogP contribution in [0.25, 0.3) is 10.9 Å². The molecular weight excluding hydrogens is 365 g/mol. The Balaban J connectivity index is 2.32. The lowest BCUT2D eigenvalue weighted by Gasteiger charge is -2.13. The number of rotatable bonds is 3. The second kappa shape index (κ2) is 6.86. The van der Waals surface area contributed by atoms with Crippen LogP contribution in [0.4, 0.5) is 5.69 Å². The molecule has 1 atom stereocenters. The standard InChI is InChI=1S/C17H19Cl2N3O3/c1-8-13-11(4-5-20-17(8)24)22(2)16-14(13)10(6-9(18)15(16)19)21-12(23)7-25-3/h6,8H,4-5,7H2,1-3H3,(H,20,24)(H,21,23)/t8-/m1/s1. The molecule has 1 aromatic heterocycles. The van der Waals surface area contributed by atoms with Gasteiger partial charge in [0.1, 0.15) is 6.61 Å². The van der Waals surface area contributed by atoms with E-state index < -0.39 is 0 Å². The van der Waals surface area contributed by atoms with Crippen LogP contribution in [0.15, 0.2) is 6.07 Å². The smallest absolute Gasteiger partial charge is 0.250 e. The molecule has 6 nitrogen and oxygen atoms in total. The van der Waals surface area contributed by atoms with E-state index in [0.717, 1.165) is 16.6 Å². The second-order valence-electron chi connectivity index (χ2n) is 6.11. The summed E-state index contributed by atoms with van der Waals surface area (Å²) in [7, 11) is 3.34. The van der Waals surface area contributed by atoms with Crippen molar-refractivity contribution in [1.29, 1.82) is 0 Å². The number of aromatic nitrogens is 1. The van der Waals surface area contributed by atoms with Gasteiger partial charge in [-0.2, -0.15) is 0 Å². The summed E-state index contributed by atoms with van der Waals surface area (Å²) in [6, 6.07) is 1.62. The summed E-state index contributed by atoms with van der Waals surface area (Å²) in [6.07, 6.45) is 0.677. The van der Waals surface area contributed by atoms with Gasteiger partial charge in [0.15, 0.2) is 0 Å². The van der Waals surface area contributed by atoms with E-state index in [2.05, 4.69) is 10.6 Å². The van der Waals surface area contributed by atoms with E-state index in [9.17, 15) is 9.59 Å². The molecule has 25 heavy (non-hydrogen) atoms. The van der Waals surface area contributed by atoms with Crippen LogP contribution < -0.4 is 10.6 Å². The van der Waals surface area contributed by atoms with Gasteiger partial charge in [0, 0.05) is 38.2 Å². The molecule has 2 aromatic rings. The highest BCUT2D eigenvalue weighted by Crippen LogP contribution is 2.43. The molecule has 1 aromatic carbocycles. The summed E-state index contributed by atoms with van der Waals surface area (Å²) in [5.41, 5.74) is 3.13. The van der Waals surface area contributed by atoms with Crippen molar-refractivity contribution in [1.82, 2.24) is 9.88 Å². The normalized spacial score (nSPS) is 17.2. The molecule has 134 valence electrons. The van der Waals surface area contributed by atoms with Crippen molar-refractivity contribution in [3.05, 3.63) is 27.4 Å². The predicted octanol–water partition coefficient (Wildman–Crippen LogP) is 2.85. The van der Waals surface area contributed by atoms with Crippen LogP contribution in [0.3, 0.4) is 0 Å². The number of hydrogen-bond acceptors (Lipinski definition) is 3. The summed E-state index contributed by atoms with van der Waals surface area (Å²) in [6.45, 7) is 2.33. The van der Waals surface area contributed by atoms with Gasteiger partial charge in [0.05, 0.1) is 27.2 Å². The minimum absolute atomic E-state index is 0.0495. The van der Waals surface area contributed by atoms with Crippen LogP contribution in [-0.4, -0.2) is 36.6 Å². The molecule has 0 bridgehead atoms. The molecule has 0 aliphatic carbocycles. The first-order valence-electron chi connectivity index (χ1n) is 7.92. The molecule has 1 aliphatic heterocycles. The Morgan fingerprint density at radius 3 is 2.88 bits per heavy atom. The van der Waals surface area contributed by atoms with Gasteiger partial charge in [-0.05, 0) is 18.6 Å². The maximum absolute atomic E-state index is 12.3. The number of hydrogen-bond donors (Lipinski definition) is 2. The topological polar surface area (TPSA) is 72.4 Å². The number of carbonyl (C=O) groups is 2. The first-order valence-corrected chi connectivity index (χ1v) is 8.68. The van der Waals surface area contributed by atoms with Gasteiger partial charge < -0.3 is 19.9 Å². The first-order chi connectivity index (χ1) is 11.9. The summed E-state index contributed by atoms with van der Waals surface area (Å²) >= 11 is 12.7. The number of amides is 2. The Kier molecular flexibility index (Phi) is 4.95. The predicted molar refractivity (Wildman–Crippen MR) is 98.6 cm³/mol. The highest BCUT2D eigenvalue weighted by Gasteiger charge is 2.30. The van der Waals surface area contributed by atoms with Crippen LogP contribution in [0.5, 0.6) is 0 Å². The van der Waals surface area contributed by atoms with Gasteiger partial charge in [0.2, 0.25) is 11.8 Å². The molecule has 1 aliphatic rings. The molecule has 0 unspecified atom stereocenters. The quantitative estimate of drug-likeness (QED) is 0.855. The number of benzene rings is 1. The van der Waals surface area contributed by atoms with Crippen LogP contribution in [0, 0.1) is 0 Å². The Morgan fingerprint density at radius 2 is 2.20 bits per heavy atom. The molecule has 0 fully saturated rings. The van der Waals surface area contributed by atoms with Crippen LogP contribution >= 0.6 is 23.2 Å². The average molecular weight is 384 g/mol. The van der Waals surface area contributed by atoms with Gasteiger partial charge in [-0.15, -0.1) is 0 Å². The van der Waals surface area contributed by atoms with Crippen molar-refractivity contribution in [2.75, 3.05) is 25.6 Å². The number of nitrogens with one attached hydrogen (secondary N) is 2. The number of fused-ring (bicyclic) bond motifs is 3. The van der Waals surface area contributed by atoms with E-state index in [1.807, 2.05) is 18.5 Å². The highest BCUT2D eigenvalue weighted by atomic mass is 35.5. The Bertz CT molecular complexity index is 876. The van der Waals surface area contributed by atoms with Gasteiger partial charge >= 0.3 is 0 Å². The SMILES string of the molecule is COCC(=O)Nc1cc(Cl)c(Cl)c2c1c1c(n2C)CCNC(=O)[C@@H]1C. The van der Waals surface area contributed by atoms with E-state index in [1.165, 1.54) is 7.11 Å². The molecule has 3 rings (SSSR count). The monoisotopic (exact) mass is 383 g/mol. The summed E-state index contributed by atoms with van der Waals surface area (Å²) in [5, 5.41) is 7.23. The largest absolute Gasteiger partial charge is 0.375 e. The van der Waals surface area contributed by atoms with Gasteiger partial charge in [-0.3, -0.25) is 9.59 Å². The van der Waals surface area contributed by atoms with Crippen LogP contribution in [-0.2, 0) is 27.8 Å². The lowest BCUT2D eigenvalue weighted by atomic mass is 9.96. The van der Waals surface area contributed by atoms with Crippen molar-refractivity contribution in [2.24, 2.45) is 7.05 Å². The highest BCUT2D eigenvalue weighted by molar-refractivity contribution is 6.46. The van der Waals surface area contributed by atoms with E-state index in [1.54, 1.807) is 6.07 Å². The number of ether oxygens (including phenoxy) is 1. The van der Waals surface area contributed by atoms with Crippen molar-refractivity contribution < 1.29 is 14.3 Å². The second-order valence-corrected chi connectivity index (χ2v) is 6.89. The molecule has 2 amide bonds. The number of methoxy groups -OCH3 is 1.